The van der Waals surface area contributed by atoms with Crippen LogP contribution in [0.1, 0.15) is 24.4 Å². The number of aromatic amines is 1. The van der Waals surface area contributed by atoms with Crippen molar-refractivity contribution in [2.75, 3.05) is 0 Å². The van der Waals surface area contributed by atoms with Crippen molar-refractivity contribution in [1.82, 2.24) is 4.98 Å². The first kappa shape index (κ1) is 6.91. The van der Waals surface area contributed by atoms with E-state index in [1.54, 1.807) is 19.1 Å². The van der Waals surface area contributed by atoms with E-state index in [4.69, 9.17) is 11.5 Å². The second-order valence-electron chi connectivity index (χ2n) is 2.15. The molecule has 2 heteroatoms. The Morgan fingerprint density at radius 2 is 2.40 bits per heavy atom. The lowest BCUT2D eigenvalue weighted by Crippen LogP contribution is -1.89. The molecule has 0 aromatic carbocycles. The van der Waals surface area contributed by atoms with Crippen molar-refractivity contribution in [2.24, 2.45) is 0 Å². The quantitative estimate of drug-likeness (QED) is 0.555. The first-order chi connectivity index (χ1) is 4.74. The van der Waals surface area contributed by atoms with Crippen LogP contribution in [0.2, 0.25) is 0 Å². The highest BCUT2D eigenvalue weighted by Gasteiger charge is 2.00. The molecule has 1 aromatic rings. The van der Waals surface area contributed by atoms with Gasteiger partial charge in [0.25, 0.3) is 0 Å². The zero-order valence-electron chi connectivity index (χ0n) is 5.76. The largest absolute Gasteiger partial charge is 0.387 e. The first-order valence-electron chi connectivity index (χ1n) is 3.07. The standard InChI is InChI=1S/C8H9NO/c1-3-7-4-5-8(9-7)6(2)10/h1,4-6,9-10H,2H3. The second-order valence-corrected chi connectivity index (χ2v) is 2.15. The van der Waals surface area contributed by atoms with E-state index in [0.29, 0.717) is 5.69 Å². The Kier molecular flexibility index (Phi) is 1.79. The van der Waals surface area contributed by atoms with Gasteiger partial charge >= 0.3 is 0 Å². The first-order valence-corrected chi connectivity index (χ1v) is 3.07. The minimum atomic E-state index is -0.470. The molecule has 0 aliphatic rings. The van der Waals surface area contributed by atoms with Crippen LogP contribution in [0.5, 0.6) is 0 Å². The van der Waals surface area contributed by atoms with Gasteiger partial charge in [-0.25, -0.2) is 0 Å². The molecule has 0 fully saturated rings. The minimum Gasteiger partial charge on any atom is -0.387 e. The molecular weight excluding hydrogens is 126 g/mol. The van der Waals surface area contributed by atoms with Crippen molar-refractivity contribution >= 4 is 0 Å². The van der Waals surface area contributed by atoms with Crippen LogP contribution in [0, 0.1) is 12.3 Å². The maximum Gasteiger partial charge on any atom is 0.0909 e. The Morgan fingerprint density at radius 3 is 2.70 bits per heavy atom. The summed E-state index contributed by atoms with van der Waals surface area (Å²) in [7, 11) is 0. The van der Waals surface area contributed by atoms with Crippen LogP contribution >= 0.6 is 0 Å². The van der Waals surface area contributed by atoms with Gasteiger partial charge in [0.05, 0.1) is 11.8 Å². The molecule has 0 bridgehead atoms. The SMILES string of the molecule is C#Cc1ccc(C(C)O)[nH]1. The van der Waals surface area contributed by atoms with Crippen LogP contribution in [0.3, 0.4) is 0 Å². The summed E-state index contributed by atoms with van der Waals surface area (Å²) in [5.74, 6) is 2.44. The van der Waals surface area contributed by atoms with Crippen LogP contribution < -0.4 is 0 Å². The van der Waals surface area contributed by atoms with Crippen LogP contribution in [0.25, 0.3) is 0 Å². The monoisotopic (exact) mass is 135 g/mol. The third-order valence-electron chi connectivity index (χ3n) is 1.31. The lowest BCUT2D eigenvalue weighted by Gasteiger charge is -1.97. The molecule has 0 amide bonds. The van der Waals surface area contributed by atoms with Gasteiger partial charge < -0.3 is 10.1 Å². The van der Waals surface area contributed by atoms with E-state index in [0.717, 1.165) is 5.69 Å². The maximum absolute atomic E-state index is 9.03. The summed E-state index contributed by atoms with van der Waals surface area (Å²) in [6.07, 6.45) is 4.63. The Morgan fingerprint density at radius 1 is 1.70 bits per heavy atom. The van der Waals surface area contributed by atoms with E-state index >= 15 is 0 Å². The lowest BCUT2D eigenvalue weighted by atomic mass is 10.3. The van der Waals surface area contributed by atoms with E-state index in [1.807, 2.05) is 0 Å². The summed E-state index contributed by atoms with van der Waals surface area (Å²) < 4.78 is 0. The van der Waals surface area contributed by atoms with E-state index in [1.165, 1.54) is 0 Å². The molecule has 2 nitrogen and oxygen atoms in total. The third kappa shape index (κ3) is 1.20. The van der Waals surface area contributed by atoms with Gasteiger partial charge in [0, 0.05) is 5.69 Å². The number of hydrogen-bond acceptors (Lipinski definition) is 1. The molecule has 0 aliphatic carbocycles. The molecule has 10 heavy (non-hydrogen) atoms. The number of nitrogens with one attached hydrogen (secondary N) is 1. The summed E-state index contributed by atoms with van der Waals surface area (Å²) in [5, 5.41) is 9.03. The molecule has 1 rings (SSSR count). The summed E-state index contributed by atoms with van der Waals surface area (Å²) in [6.45, 7) is 1.69. The lowest BCUT2D eigenvalue weighted by molar-refractivity contribution is 0.195. The van der Waals surface area contributed by atoms with E-state index < -0.39 is 6.10 Å². The molecule has 1 aromatic heterocycles. The molecule has 0 spiro atoms. The molecule has 0 radical (unpaired) electrons. The Bertz CT molecular complexity index is 254. The molecule has 1 heterocycles. The number of hydrogen-bond donors (Lipinski definition) is 2. The molecule has 0 saturated carbocycles. The van der Waals surface area contributed by atoms with Gasteiger partial charge in [-0.1, -0.05) is 5.92 Å². The second kappa shape index (κ2) is 2.59. The number of aliphatic hydroxyl groups is 1. The highest BCUT2D eigenvalue weighted by Crippen LogP contribution is 2.09. The van der Waals surface area contributed by atoms with E-state index in [9.17, 15) is 0 Å². The van der Waals surface area contributed by atoms with Crippen molar-refractivity contribution in [3.8, 4) is 12.3 Å². The summed E-state index contributed by atoms with van der Waals surface area (Å²) in [5.41, 5.74) is 1.46. The molecule has 1 unspecified atom stereocenters. The van der Waals surface area contributed by atoms with Crippen molar-refractivity contribution in [2.45, 2.75) is 13.0 Å². The van der Waals surface area contributed by atoms with E-state index in [2.05, 4.69) is 10.9 Å². The normalized spacial score (nSPS) is 12.5. The zero-order valence-corrected chi connectivity index (χ0v) is 5.76. The summed E-state index contributed by atoms with van der Waals surface area (Å²) >= 11 is 0. The summed E-state index contributed by atoms with van der Waals surface area (Å²) in [4.78, 5) is 2.88. The van der Waals surface area contributed by atoms with Gasteiger partial charge in [0.15, 0.2) is 0 Å². The fourth-order valence-electron chi connectivity index (χ4n) is 0.740. The fraction of sp³-hybridized carbons (Fsp3) is 0.250. The summed E-state index contributed by atoms with van der Waals surface area (Å²) in [6, 6.07) is 3.54. The van der Waals surface area contributed by atoms with E-state index in [-0.39, 0.29) is 0 Å². The molecule has 0 aliphatic heterocycles. The van der Waals surface area contributed by atoms with Gasteiger partial charge in [-0.2, -0.15) is 0 Å². The fourth-order valence-corrected chi connectivity index (χ4v) is 0.740. The van der Waals surface area contributed by atoms with Crippen LogP contribution in [-0.2, 0) is 0 Å². The Labute approximate surface area is 59.9 Å². The number of aromatic nitrogens is 1. The maximum atomic E-state index is 9.03. The molecule has 1 atom stereocenters. The number of H-pyrrole nitrogens is 1. The van der Waals surface area contributed by atoms with Gasteiger partial charge in [-0.15, -0.1) is 6.42 Å². The van der Waals surface area contributed by atoms with Gasteiger partial charge in [0.1, 0.15) is 0 Å². The minimum absolute atomic E-state index is 0.470. The predicted molar refractivity (Wildman–Crippen MR) is 39.4 cm³/mol. The van der Waals surface area contributed by atoms with Gasteiger partial charge in [-0.3, -0.25) is 0 Å². The molecule has 2 N–H and O–H groups in total. The molecular formula is C8H9NO. The third-order valence-corrected chi connectivity index (χ3v) is 1.31. The molecule has 0 saturated heterocycles. The van der Waals surface area contributed by atoms with Crippen LogP contribution in [-0.4, -0.2) is 10.1 Å². The van der Waals surface area contributed by atoms with Gasteiger partial charge in [-0.05, 0) is 19.1 Å². The smallest absolute Gasteiger partial charge is 0.0909 e. The predicted octanol–water partition coefficient (Wildman–Crippen LogP) is 1.05. The Balaban J connectivity index is 2.91. The topological polar surface area (TPSA) is 36.0 Å². The van der Waals surface area contributed by atoms with Crippen molar-refractivity contribution in [3.05, 3.63) is 23.5 Å². The van der Waals surface area contributed by atoms with Crippen molar-refractivity contribution in [3.63, 3.8) is 0 Å². The van der Waals surface area contributed by atoms with Gasteiger partial charge in [0.2, 0.25) is 0 Å². The molecule has 52 valence electrons. The van der Waals surface area contributed by atoms with Crippen LogP contribution in [0.15, 0.2) is 12.1 Å². The van der Waals surface area contributed by atoms with Crippen molar-refractivity contribution < 1.29 is 5.11 Å². The number of rotatable bonds is 1. The van der Waals surface area contributed by atoms with Crippen LogP contribution in [0.4, 0.5) is 0 Å². The highest BCUT2D eigenvalue weighted by molar-refractivity contribution is 5.28. The highest BCUT2D eigenvalue weighted by atomic mass is 16.3. The number of terminal acetylenes is 1. The van der Waals surface area contributed by atoms with Crippen molar-refractivity contribution in [1.29, 1.82) is 0 Å². The average Bonchev–Trinajstić information content (AvgIpc) is 2.34. The number of aliphatic hydroxyl groups excluding tert-OH is 1. The zero-order chi connectivity index (χ0) is 7.56. The Hall–Kier alpha value is -1.20. The average molecular weight is 135 g/mol.